The second-order valence-corrected chi connectivity index (χ2v) is 10.1. The van der Waals surface area contributed by atoms with Crippen molar-refractivity contribution in [2.45, 2.75) is 30.3 Å². The van der Waals surface area contributed by atoms with Crippen molar-refractivity contribution in [3.05, 3.63) is 99.5 Å². The summed E-state index contributed by atoms with van der Waals surface area (Å²) in [5.74, 6) is -1.93. The summed E-state index contributed by atoms with van der Waals surface area (Å²) in [6, 6.07) is 13.7. The molecule has 0 radical (unpaired) electrons. The van der Waals surface area contributed by atoms with Crippen molar-refractivity contribution in [3.8, 4) is 0 Å². The van der Waals surface area contributed by atoms with Crippen LogP contribution in [0.1, 0.15) is 34.5 Å². The molecule has 4 rings (SSSR count). The lowest BCUT2D eigenvalue weighted by atomic mass is 9.91. The molecule has 1 N–H and O–H groups in total. The molecule has 160 valence electrons. The fourth-order valence-electron chi connectivity index (χ4n) is 3.84. The maximum Gasteiger partial charge on any atom is 0.333 e. The molecule has 3 aromatic rings. The SMILES string of the molecule is Cc1ccc(S(=O)(=O)N2C(c3cccs3)CC=C(C(=O)O)C2c2ccccc2F)cc1. The number of carboxylic acids is 1. The van der Waals surface area contributed by atoms with E-state index in [0.717, 1.165) is 14.7 Å². The number of benzene rings is 2. The molecular formula is C23H20FNO4S2. The van der Waals surface area contributed by atoms with Crippen LogP contribution >= 0.6 is 11.3 Å². The van der Waals surface area contributed by atoms with E-state index in [9.17, 15) is 22.7 Å². The number of rotatable bonds is 5. The number of aliphatic carboxylic acids is 1. The van der Waals surface area contributed by atoms with Crippen LogP contribution in [-0.2, 0) is 14.8 Å². The smallest absolute Gasteiger partial charge is 0.333 e. The zero-order valence-electron chi connectivity index (χ0n) is 16.6. The molecule has 0 amide bonds. The van der Waals surface area contributed by atoms with Gasteiger partial charge in [-0.05, 0) is 43.0 Å². The fourth-order valence-corrected chi connectivity index (χ4v) is 6.51. The van der Waals surface area contributed by atoms with Crippen molar-refractivity contribution in [2.24, 2.45) is 0 Å². The van der Waals surface area contributed by atoms with E-state index in [1.165, 1.54) is 47.7 Å². The Morgan fingerprint density at radius 1 is 1.10 bits per heavy atom. The quantitative estimate of drug-likeness (QED) is 0.580. The molecule has 0 aliphatic carbocycles. The Labute approximate surface area is 184 Å². The van der Waals surface area contributed by atoms with E-state index in [1.54, 1.807) is 18.2 Å². The molecule has 1 aromatic heterocycles. The van der Waals surface area contributed by atoms with E-state index >= 15 is 0 Å². The fraction of sp³-hybridized carbons (Fsp3) is 0.174. The number of hydrogen-bond acceptors (Lipinski definition) is 4. The van der Waals surface area contributed by atoms with Gasteiger partial charge in [0.1, 0.15) is 5.82 Å². The zero-order chi connectivity index (χ0) is 22.2. The minimum Gasteiger partial charge on any atom is -0.478 e. The van der Waals surface area contributed by atoms with Gasteiger partial charge in [-0.15, -0.1) is 11.3 Å². The monoisotopic (exact) mass is 457 g/mol. The van der Waals surface area contributed by atoms with Crippen LogP contribution in [0.4, 0.5) is 4.39 Å². The van der Waals surface area contributed by atoms with Crippen molar-refractivity contribution < 1.29 is 22.7 Å². The van der Waals surface area contributed by atoms with Gasteiger partial charge in [-0.25, -0.2) is 17.6 Å². The van der Waals surface area contributed by atoms with E-state index < -0.39 is 33.9 Å². The summed E-state index contributed by atoms with van der Waals surface area (Å²) in [6.07, 6.45) is 1.68. The molecule has 2 aromatic carbocycles. The van der Waals surface area contributed by atoms with Crippen molar-refractivity contribution in [3.63, 3.8) is 0 Å². The van der Waals surface area contributed by atoms with Crippen LogP contribution in [-0.4, -0.2) is 23.8 Å². The van der Waals surface area contributed by atoms with E-state index in [1.807, 2.05) is 24.4 Å². The number of sulfonamides is 1. The van der Waals surface area contributed by atoms with Gasteiger partial charge in [0.25, 0.3) is 0 Å². The third-order valence-corrected chi connectivity index (χ3v) is 8.19. The summed E-state index contributed by atoms with van der Waals surface area (Å²) in [5.41, 5.74) is 0.742. The molecule has 1 aliphatic heterocycles. The van der Waals surface area contributed by atoms with Crippen LogP contribution in [0.25, 0.3) is 0 Å². The Hall–Kier alpha value is -2.81. The Kier molecular flexibility index (Phi) is 5.79. The molecule has 0 bridgehead atoms. The summed E-state index contributed by atoms with van der Waals surface area (Å²) >= 11 is 1.38. The van der Waals surface area contributed by atoms with Gasteiger partial charge in [0.05, 0.1) is 22.6 Å². The minimum atomic E-state index is -4.17. The first kappa shape index (κ1) is 21.4. The average molecular weight is 458 g/mol. The molecule has 5 nitrogen and oxygen atoms in total. The second kappa shape index (κ2) is 8.37. The molecule has 2 heterocycles. The average Bonchev–Trinajstić information content (AvgIpc) is 3.28. The van der Waals surface area contributed by atoms with Gasteiger partial charge < -0.3 is 5.11 Å². The highest BCUT2D eigenvalue weighted by Gasteiger charge is 2.45. The summed E-state index contributed by atoms with van der Waals surface area (Å²) in [7, 11) is -4.17. The molecule has 31 heavy (non-hydrogen) atoms. The third-order valence-electron chi connectivity index (χ3n) is 5.33. The highest BCUT2D eigenvalue weighted by atomic mass is 32.2. The predicted molar refractivity (Wildman–Crippen MR) is 117 cm³/mol. The Balaban J connectivity index is 1.98. The summed E-state index contributed by atoms with van der Waals surface area (Å²) in [4.78, 5) is 12.9. The van der Waals surface area contributed by atoms with Crippen LogP contribution in [0.2, 0.25) is 0 Å². The molecule has 0 spiro atoms. The number of nitrogens with zero attached hydrogens (tertiary/aromatic N) is 1. The number of hydrogen-bond donors (Lipinski definition) is 1. The topological polar surface area (TPSA) is 74.7 Å². The van der Waals surface area contributed by atoms with Crippen molar-refractivity contribution >= 4 is 27.3 Å². The molecule has 2 atom stereocenters. The minimum absolute atomic E-state index is 0.00749. The highest BCUT2D eigenvalue weighted by molar-refractivity contribution is 7.89. The first-order valence-corrected chi connectivity index (χ1v) is 11.9. The maximum absolute atomic E-state index is 14.9. The summed E-state index contributed by atoms with van der Waals surface area (Å²) in [6.45, 7) is 1.85. The third kappa shape index (κ3) is 3.94. The number of halogens is 1. The largest absolute Gasteiger partial charge is 0.478 e. The lowest BCUT2D eigenvalue weighted by molar-refractivity contribution is -0.133. The molecule has 2 unspecified atom stereocenters. The van der Waals surface area contributed by atoms with Gasteiger partial charge in [0.2, 0.25) is 10.0 Å². The van der Waals surface area contributed by atoms with Crippen LogP contribution in [0.15, 0.2) is 82.6 Å². The Morgan fingerprint density at radius 3 is 2.42 bits per heavy atom. The van der Waals surface area contributed by atoms with Gasteiger partial charge >= 0.3 is 5.97 Å². The molecule has 0 saturated heterocycles. The van der Waals surface area contributed by atoms with E-state index in [-0.39, 0.29) is 22.5 Å². The first-order valence-electron chi connectivity index (χ1n) is 9.62. The van der Waals surface area contributed by atoms with Gasteiger partial charge in [-0.1, -0.05) is 48.0 Å². The Morgan fingerprint density at radius 2 is 1.81 bits per heavy atom. The van der Waals surface area contributed by atoms with E-state index in [2.05, 4.69) is 0 Å². The zero-order valence-corrected chi connectivity index (χ0v) is 18.2. The summed E-state index contributed by atoms with van der Waals surface area (Å²) in [5, 5.41) is 11.7. The van der Waals surface area contributed by atoms with Crippen LogP contribution in [0, 0.1) is 12.7 Å². The maximum atomic E-state index is 14.9. The summed E-state index contributed by atoms with van der Waals surface area (Å²) < 4.78 is 43.7. The predicted octanol–water partition coefficient (Wildman–Crippen LogP) is 5.08. The number of carbonyl (C=O) groups is 1. The van der Waals surface area contributed by atoms with Gasteiger partial charge in [-0.3, -0.25) is 0 Å². The molecule has 0 saturated carbocycles. The molecule has 8 heteroatoms. The van der Waals surface area contributed by atoms with Crippen molar-refractivity contribution in [2.75, 3.05) is 0 Å². The van der Waals surface area contributed by atoms with Crippen molar-refractivity contribution in [1.82, 2.24) is 4.31 Å². The molecular weight excluding hydrogens is 437 g/mol. The van der Waals surface area contributed by atoms with Crippen LogP contribution < -0.4 is 0 Å². The van der Waals surface area contributed by atoms with Crippen LogP contribution in [0.5, 0.6) is 0 Å². The van der Waals surface area contributed by atoms with Gasteiger partial charge in [-0.2, -0.15) is 4.31 Å². The second-order valence-electron chi connectivity index (χ2n) is 7.30. The standard InChI is InChI=1S/C23H20FNO4S2/c1-15-8-10-16(11-9-15)31(28,29)25-20(21-7-4-14-30-21)13-12-18(23(26)27)22(25)17-5-2-3-6-19(17)24/h2-12,14,20,22H,13H2,1H3,(H,26,27). The van der Waals surface area contributed by atoms with Crippen molar-refractivity contribution in [1.29, 1.82) is 0 Å². The van der Waals surface area contributed by atoms with Gasteiger partial charge in [0, 0.05) is 10.4 Å². The number of carboxylic acid groups (broad SMARTS) is 1. The lowest BCUT2D eigenvalue weighted by Crippen LogP contribution is -2.42. The van der Waals surface area contributed by atoms with E-state index in [4.69, 9.17) is 0 Å². The number of thiophene rings is 1. The Bertz CT molecular complexity index is 1230. The first-order chi connectivity index (χ1) is 14.8. The van der Waals surface area contributed by atoms with Gasteiger partial charge in [0.15, 0.2) is 0 Å². The normalized spacial score (nSPS) is 19.7. The molecule has 1 aliphatic rings. The van der Waals surface area contributed by atoms with E-state index in [0.29, 0.717) is 0 Å². The van der Waals surface area contributed by atoms with Crippen LogP contribution in [0.3, 0.4) is 0 Å². The molecule has 0 fully saturated rings. The number of aryl methyl sites for hydroxylation is 1. The highest BCUT2D eigenvalue weighted by Crippen LogP contribution is 2.47. The lowest BCUT2D eigenvalue weighted by Gasteiger charge is -2.40.